The van der Waals surface area contributed by atoms with Crippen LogP contribution in [0.25, 0.3) is 0 Å². The Morgan fingerprint density at radius 2 is 1.74 bits per heavy atom. The Labute approximate surface area is 289 Å². The number of rotatable bonds is 5. The van der Waals surface area contributed by atoms with Crippen LogP contribution in [0.3, 0.4) is 0 Å². The lowest BCUT2D eigenvalue weighted by molar-refractivity contribution is -0.362. The van der Waals surface area contributed by atoms with Crippen molar-refractivity contribution in [2.24, 2.45) is 22.7 Å². The van der Waals surface area contributed by atoms with E-state index in [1.54, 1.807) is 24.3 Å². The summed E-state index contributed by atoms with van der Waals surface area (Å²) in [5, 5.41) is 26.4. The summed E-state index contributed by atoms with van der Waals surface area (Å²) < 4.78 is 90.2. The molecule has 4 fully saturated rings. The van der Waals surface area contributed by atoms with E-state index in [-0.39, 0.29) is 44.2 Å². The smallest absolute Gasteiger partial charge is 0.436 e. The lowest BCUT2D eigenvalue weighted by Crippen LogP contribution is -2.65. The lowest BCUT2D eigenvalue weighted by Gasteiger charge is -2.59. The molecule has 12 heteroatoms. The van der Waals surface area contributed by atoms with E-state index in [0.717, 1.165) is 11.1 Å². The molecule has 3 N–H and O–H groups in total. The van der Waals surface area contributed by atoms with Crippen molar-refractivity contribution in [3.63, 3.8) is 0 Å². The Hall–Kier alpha value is -2.98. The fraction of sp³-hybridized carbons (Fsp3) is 0.658. The molecular weight excluding hydrogens is 661 g/mol. The summed E-state index contributed by atoms with van der Waals surface area (Å²) in [6.45, 7) is 10.0. The third-order valence-corrected chi connectivity index (χ3v) is 12.1. The molecule has 274 valence electrons. The Balaban J connectivity index is 1.36. The zero-order valence-electron chi connectivity index (χ0n) is 28.7. The van der Waals surface area contributed by atoms with Gasteiger partial charge in [0.15, 0.2) is 12.4 Å². The van der Waals surface area contributed by atoms with Gasteiger partial charge >= 0.3 is 18.2 Å². The van der Waals surface area contributed by atoms with Crippen LogP contribution in [0.4, 0.5) is 26.7 Å². The molecule has 1 aromatic rings. The van der Waals surface area contributed by atoms with Crippen molar-refractivity contribution < 1.29 is 51.2 Å². The number of halogens is 5. The molecule has 7 nitrogen and oxygen atoms in total. The summed E-state index contributed by atoms with van der Waals surface area (Å²) in [4.78, 5) is 11.6. The molecule has 0 unspecified atom stereocenters. The van der Waals surface area contributed by atoms with E-state index < -0.39 is 64.8 Å². The minimum atomic E-state index is -5.93. The maximum absolute atomic E-state index is 15.4. The molecule has 1 spiro atoms. The SMILES string of the molecule is C=CCNC(=O)OCC#Cc1ccc([C@H]2C[C@@]3(C)[C@@H](CC[C@@]3(O)C(F)(F)C(F)(F)F)[C@@H]3CC[C@@]4(O)CC5(CCC4=C32)OCC(C)(C)CO5)cc1. The number of ether oxygens (including phenoxy) is 3. The van der Waals surface area contributed by atoms with Crippen LogP contribution in [-0.2, 0) is 14.2 Å². The molecule has 1 heterocycles. The van der Waals surface area contributed by atoms with Gasteiger partial charge in [0.1, 0.15) is 5.60 Å². The van der Waals surface area contributed by atoms with Gasteiger partial charge < -0.3 is 29.7 Å². The highest BCUT2D eigenvalue weighted by Gasteiger charge is 2.79. The van der Waals surface area contributed by atoms with Gasteiger partial charge in [-0.05, 0) is 73.6 Å². The van der Waals surface area contributed by atoms with Gasteiger partial charge in [-0.15, -0.1) is 6.58 Å². The average Bonchev–Trinajstić information content (AvgIpc) is 3.33. The molecule has 0 radical (unpaired) electrons. The number of benzene rings is 1. The molecule has 1 amide bonds. The number of alkyl carbamates (subject to hydrolysis) is 1. The van der Waals surface area contributed by atoms with Gasteiger partial charge in [-0.3, -0.25) is 0 Å². The molecule has 50 heavy (non-hydrogen) atoms. The monoisotopic (exact) mass is 707 g/mol. The molecule has 1 aliphatic heterocycles. The van der Waals surface area contributed by atoms with E-state index in [9.17, 15) is 28.2 Å². The van der Waals surface area contributed by atoms with E-state index in [2.05, 4.69) is 23.7 Å². The molecule has 4 aliphatic carbocycles. The Morgan fingerprint density at radius 1 is 1.06 bits per heavy atom. The highest BCUT2D eigenvalue weighted by atomic mass is 19.4. The van der Waals surface area contributed by atoms with Crippen molar-refractivity contribution in [1.29, 1.82) is 0 Å². The lowest BCUT2D eigenvalue weighted by atomic mass is 9.49. The number of fused-ring (bicyclic) bond motifs is 4. The zero-order chi connectivity index (χ0) is 36.4. The van der Waals surface area contributed by atoms with E-state index in [4.69, 9.17) is 14.2 Å². The number of hydrogen-bond donors (Lipinski definition) is 3. The summed E-state index contributed by atoms with van der Waals surface area (Å²) >= 11 is 0. The first-order valence-corrected chi connectivity index (χ1v) is 17.3. The fourth-order valence-electron chi connectivity index (χ4n) is 9.55. The van der Waals surface area contributed by atoms with Crippen molar-refractivity contribution in [3.05, 3.63) is 59.2 Å². The van der Waals surface area contributed by atoms with Crippen LogP contribution in [0.15, 0.2) is 48.1 Å². The number of alkyl halides is 5. The summed E-state index contributed by atoms with van der Waals surface area (Å²) in [6.07, 6.45) is -4.13. The Kier molecular flexibility index (Phi) is 9.28. The van der Waals surface area contributed by atoms with Gasteiger partial charge in [0, 0.05) is 41.7 Å². The van der Waals surface area contributed by atoms with Crippen molar-refractivity contribution in [2.45, 2.75) is 107 Å². The number of carbonyl (C=O) groups excluding carboxylic acids is 1. The number of aliphatic hydroxyl groups is 2. The molecule has 1 saturated heterocycles. The summed E-state index contributed by atoms with van der Waals surface area (Å²) in [5.41, 5.74) is -3.64. The van der Waals surface area contributed by atoms with Gasteiger partial charge in [-0.25, -0.2) is 4.79 Å². The van der Waals surface area contributed by atoms with Crippen molar-refractivity contribution in [1.82, 2.24) is 5.32 Å². The first-order valence-electron chi connectivity index (χ1n) is 17.3. The quantitative estimate of drug-likeness (QED) is 0.171. The molecule has 1 aromatic carbocycles. The predicted molar refractivity (Wildman–Crippen MR) is 174 cm³/mol. The van der Waals surface area contributed by atoms with Crippen LogP contribution in [0.2, 0.25) is 0 Å². The van der Waals surface area contributed by atoms with E-state index in [1.807, 2.05) is 13.8 Å². The molecule has 6 rings (SSSR count). The van der Waals surface area contributed by atoms with Crippen LogP contribution >= 0.6 is 0 Å². The highest BCUT2D eigenvalue weighted by Crippen LogP contribution is 2.71. The van der Waals surface area contributed by atoms with Gasteiger partial charge in [-0.2, -0.15) is 22.0 Å². The number of allylic oxidation sites excluding steroid dienone is 1. The standard InChI is InChI=1S/C38H46F5NO6/c1-5-18-44-31(45)48-19-6-7-24-8-10-25(11-9-24)27-20-33(4)28(14-17-36(33,47)37(39,40)38(41,42)43)26-12-15-34(46)21-35(16-13-29(34)30(26)27)49-22-32(2,3)23-50-35/h5,8-11,26-28,46-47H,1,12-23H2,2-4H3,(H,44,45)/t26-,27+,28-,33-,34+,36-/m0/s1. The van der Waals surface area contributed by atoms with Crippen molar-refractivity contribution >= 4 is 6.09 Å². The summed E-state index contributed by atoms with van der Waals surface area (Å²) in [6, 6.07) is 6.97. The van der Waals surface area contributed by atoms with Crippen LogP contribution in [0, 0.1) is 34.5 Å². The second kappa shape index (κ2) is 12.6. The van der Waals surface area contributed by atoms with Crippen molar-refractivity contribution in [2.75, 3.05) is 26.4 Å². The van der Waals surface area contributed by atoms with Crippen LogP contribution in [0.5, 0.6) is 0 Å². The molecule has 5 aliphatic rings. The minimum absolute atomic E-state index is 0.0126. The third kappa shape index (κ3) is 6.06. The number of carbonyl (C=O) groups is 1. The van der Waals surface area contributed by atoms with E-state index >= 15 is 8.78 Å². The van der Waals surface area contributed by atoms with Gasteiger partial charge in [0.2, 0.25) is 0 Å². The zero-order valence-corrected chi connectivity index (χ0v) is 28.7. The second-order valence-corrected chi connectivity index (χ2v) is 15.9. The van der Waals surface area contributed by atoms with E-state index in [1.165, 1.54) is 13.0 Å². The topological polar surface area (TPSA) is 97.3 Å². The van der Waals surface area contributed by atoms with Gasteiger partial charge in [0.05, 0.1) is 18.8 Å². The molecule has 0 bridgehead atoms. The minimum Gasteiger partial charge on any atom is -0.436 e. The molecule has 0 aromatic heterocycles. The molecular formula is C38H46F5NO6. The number of nitrogens with one attached hydrogen (secondary N) is 1. The van der Waals surface area contributed by atoms with Crippen LogP contribution in [-0.4, -0.2) is 71.8 Å². The Bertz CT molecular complexity index is 1580. The molecule has 6 atom stereocenters. The molecule has 3 saturated carbocycles. The maximum Gasteiger partial charge on any atom is 0.456 e. The van der Waals surface area contributed by atoms with Gasteiger partial charge in [-0.1, -0.05) is 56.4 Å². The second-order valence-electron chi connectivity index (χ2n) is 15.9. The number of hydrogen-bond acceptors (Lipinski definition) is 6. The predicted octanol–water partition coefficient (Wildman–Crippen LogP) is 7.17. The van der Waals surface area contributed by atoms with Crippen LogP contribution < -0.4 is 5.32 Å². The first kappa shape index (κ1) is 36.8. The normalized spacial score (nSPS) is 34.5. The maximum atomic E-state index is 15.4. The first-order chi connectivity index (χ1) is 23.3. The van der Waals surface area contributed by atoms with Crippen molar-refractivity contribution in [3.8, 4) is 11.8 Å². The Morgan fingerprint density at radius 3 is 2.38 bits per heavy atom. The summed E-state index contributed by atoms with van der Waals surface area (Å²) in [5.74, 6) is -2.30. The van der Waals surface area contributed by atoms with Gasteiger partial charge in [0.25, 0.3) is 0 Å². The third-order valence-electron chi connectivity index (χ3n) is 12.1. The highest BCUT2D eigenvalue weighted by molar-refractivity contribution is 5.67. The number of amides is 1. The average molecular weight is 708 g/mol. The summed E-state index contributed by atoms with van der Waals surface area (Å²) in [7, 11) is 0. The fourth-order valence-corrected chi connectivity index (χ4v) is 9.55. The van der Waals surface area contributed by atoms with E-state index in [0.29, 0.717) is 43.6 Å². The van der Waals surface area contributed by atoms with Crippen LogP contribution in [0.1, 0.15) is 89.2 Å². The largest absolute Gasteiger partial charge is 0.456 e.